The number of aromatic nitrogens is 3. The fraction of sp³-hybridized carbons (Fsp3) is 0.538. The molecule has 3 heterocycles. The fourth-order valence-corrected chi connectivity index (χ4v) is 4.79. The van der Waals surface area contributed by atoms with Crippen LogP contribution in [0, 0.1) is 0 Å². The molecule has 1 aliphatic rings. The zero-order chi connectivity index (χ0) is 22.2. The number of benzene rings is 1. The van der Waals surface area contributed by atoms with E-state index in [0.717, 1.165) is 75.5 Å². The Morgan fingerprint density at radius 3 is 2.66 bits per heavy atom. The fourth-order valence-electron chi connectivity index (χ4n) is 4.79. The Morgan fingerprint density at radius 1 is 1.09 bits per heavy atom. The molecule has 0 atom stereocenters. The van der Waals surface area contributed by atoms with E-state index in [1.807, 2.05) is 24.8 Å². The van der Waals surface area contributed by atoms with Crippen molar-refractivity contribution in [2.24, 2.45) is 0 Å². The molecule has 0 saturated carbocycles. The van der Waals surface area contributed by atoms with Gasteiger partial charge in [0.1, 0.15) is 11.3 Å². The van der Waals surface area contributed by atoms with E-state index in [2.05, 4.69) is 57.5 Å². The number of rotatable bonds is 11. The van der Waals surface area contributed by atoms with Crippen molar-refractivity contribution < 1.29 is 9.47 Å². The molecule has 1 saturated heterocycles. The molecule has 0 N–H and O–H groups in total. The number of hydrogen-bond donors (Lipinski definition) is 0. The van der Waals surface area contributed by atoms with Gasteiger partial charge in [-0.25, -0.2) is 4.98 Å². The van der Waals surface area contributed by atoms with Crippen molar-refractivity contribution >= 4 is 11.0 Å². The van der Waals surface area contributed by atoms with E-state index >= 15 is 0 Å². The van der Waals surface area contributed by atoms with E-state index in [1.165, 1.54) is 18.5 Å². The Labute approximate surface area is 191 Å². The van der Waals surface area contributed by atoms with Crippen LogP contribution in [0.5, 0.6) is 5.75 Å². The van der Waals surface area contributed by atoms with Gasteiger partial charge in [0.05, 0.1) is 24.6 Å². The minimum absolute atomic E-state index is 0.0372. The Balaban J connectivity index is 1.42. The first-order chi connectivity index (χ1) is 15.7. The summed E-state index contributed by atoms with van der Waals surface area (Å²) in [6, 6.07) is 10.8. The number of nitrogens with zero attached hydrogens (tertiary/aromatic N) is 4. The maximum atomic E-state index is 6.04. The predicted octanol–water partition coefficient (Wildman–Crippen LogP) is 4.68. The van der Waals surface area contributed by atoms with Crippen LogP contribution in [-0.2, 0) is 16.7 Å². The van der Waals surface area contributed by atoms with Crippen LogP contribution in [0.3, 0.4) is 0 Å². The molecular weight excluding hydrogens is 400 g/mol. The molecule has 32 heavy (non-hydrogen) atoms. The lowest BCUT2D eigenvalue weighted by atomic mass is 9.74. The van der Waals surface area contributed by atoms with Gasteiger partial charge in [-0.05, 0) is 62.5 Å². The van der Waals surface area contributed by atoms with Crippen LogP contribution >= 0.6 is 0 Å². The van der Waals surface area contributed by atoms with Crippen molar-refractivity contribution in [3.63, 3.8) is 0 Å². The lowest BCUT2D eigenvalue weighted by Crippen LogP contribution is -2.37. The van der Waals surface area contributed by atoms with Crippen molar-refractivity contribution in [1.82, 2.24) is 19.4 Å². The third-order valence-electron chi connectivity index (χ3n) is 6.69. The summed E-state index contributed by atoms with van der Waals surface area (Å²) in [5.74, 6) is 0.952. The lowest BCUT2D eigenvalue weighted by Gasteiger charge is -2.38. The van der Waals surface area contributed by atoms with Crippen LogP contribution in [0.15, 0.2) is 49.1 Å². The van der Waals surface area contributed by atoms with E-state index in [-0.39, 0.29) is 5.41 Å². The number of imidazole rings is 1. The lowest BCUT2D eigenvalue weighted by molar-refractivity contribution is 0.0438. The Hall–Kier alpha value is -2.44. The molecule has 1 aromatic carbocycles. The van der Waals surface area contributed by atoms with E-state index in [4.69, 9.17) is 9.47 Å². The Morgan fingerprint density at radius 2 is 1.91 bits per heavy atom. The van der Waals surface area contributed by atoms with Gasteiger partial charge in [-0.1, -0.05) is 26.0 Å². The largest absolute Gasteiger partial charge is 0.494 e. The van der Waals surface area contributed by atoms with Crippen molar-refractivity contribution in [3.8, 4) is 5.75 Å². The van der Waals surface area contributed by atoms with Gasteiger partial charge in [0.15, 0.2) is 0 Å². The van der Waals surface area contributed by atoms with Crippen LogP contribution in [-0.4, -0.2) is 58.9 Å². The zero-order valence-electron chi connectivity index (χ0n) is 19.5. The van der Waals surface area contributed by atoms with E-state index in [9.17, 15) is 0 Å². The summed E-state index contributed by atoms with van der Waals surface area (Å²) in [4.78, 5) is 11.2. The highest BCUT2D eigenvalue weighted by molar-refractivity contribution is 5.73. The van der Waals surface area contributed by atoms with Crippen molar-refractivity contribution in [3.05, 3.63) is 54.6 Å². The molecule has 0 spiro atoms. The third kappa shape index (κ3) is 5.30. The average molecular weight is 437 g/mol. The number of fused-ring (bicyclic) bond motifs is 1. The second-order valence-electron chi connectivity index (χ2n) is 8.79. The second kappa shape index (κ2) is 10.9. The van der Waals surface area contributed by atoms with Crippen LogP contribution in [0.25, 0.3) is 11.0 Å². The molecule has 0 amide bonds. The number of ether oxygens (including phenoxy) is 2. The van der Waals surface area contributed by atoms with Gasteiger partial charge >= 0.3 is 0 Å². The number of hydrogen-bond acceptors (Lipinski definition) is 5. The summed E-state index contributed by atoms with van der Waals surface area (Å²) in [5.41, 5.74) is 3.47. The van der Waals surface area contributed by atoms with Gasteiger partial charge in [-0.3, -0.25) is 4.98 Å². The molecule has 6 nitrogen and oxygen atoms in total. The van der Waals surface area contributed by atoms with Crippen LogP contribution in [0.4, 0.5) is 0 Å². The Bertz CT molecular complexity index is 963. The minimum Gasteiger partial charge on any atom is -0.494 e. The van der Waals surface area contributed by atoms with Gasteiger partial charge in [0.25, 0.3) is 0 Å². The molecule has 0 bridgehead atoms. The highest BCUT2D eigenvalue weighted by Crippen LogP contribution is 2.38. The maximum Gasteiger partial charge on any atom is 0.119 e. The standard InChI is InChI=1S/C26H36N4O2/c1-3-14-29(4-2)15-5-16-32-23-8-6-22(7-9-23)26(11-17-31-18-12-26)20-30-21-28-24-19-27-13-10-25(24)30/h6-10,13,19,21H,3-5,11-12,14-18,20H2,1-2H3. The van der Waals surface area contributed by atoms with Crippen molar-refractivity contribution in [1.29, 1.82) is 0 Å². The summed E-state index contributed by atoms with van der Waals surface area (Å²) in [7, 11) is 0. The molecule has 4 rings (SSSR count). The maximum absolute atomic E-state index is 6.04. The topological polar surface area (TPSA) is 52.4 Å². The highest BCUT2D eigenvalue weighted by atomic mass is 16.5. The normalized spacial score (nSPS) is 16.0. The van der Waals surface area contributed by atoms with Crippen LogP contribution in [0.1, 0.15) is 45.1 Å². The molecule has 0 aliphatic carbocycles. The molecule has 3 aromatic rings. The van der Waals surface area contributed by atoms with E-state index in [0.29, 0.717) is 0 Å². The molecule has 1 aliphatic heterocycles. The molecule has 6 heteroatoms. The quantitative estimate of drug-likeness (QED) is 0.409. The highest BCUT2D eigenvalue weighted by Gasteiger charge is 2.35. The average Bonchev–Trinajstić information content (AvgIpc) is 3.24. The zero-order valence-corrected chi connectivity index (χ0v) is 19.5. The smallest absolute Gasteiger partial charge is 0.119 e. The van der Waals surface area contributed by atoms with E-state index < -0.39 is 0 Å². The predicted molar refractivity (Wildman–Crippen MR) is 128 cm³/mol. The third-order valence-corrected chi connectivity index (χ3v) is 6.69. The van der Waals surface area contributed by atoms with Gasteiger partial charge in [-0.2, -0.15) is 0 Å². The molecule has 0 radical (unpaired) electrons. The summed E-state index contributed by atoms with van der Waals surface area (Å²) in [6.07, 6.45) is 9.87. The molecule has 172 valence electrons. The summed E-state index contributed by atoms with van der Waals surface area (Å²) in [6.45, 7) is 11.1. The van der Waals surface area contributed by atoms with Gasteiger partial charge in [0, 0.05) is 37.9 Å². The second-order valence-corrected chi connectivity index (χ2v) is 8.79. The van der Waals surface area contributed by atoms with Gasteiger partial charge < -0.3 is 18.9 Å². The van der Waals surface area contributed by atoms with Crippen LogP contribution < -0.4 is 4.74 Å². The van der Waals surface area contributed by atoms with Gasteiger partial charge in [-0.15, -0.1) is 0 Å². The molecule has 1 fully saturated rings. The minimum atomic E-state index is 0.0372. The molecular formula is C26H36N4O2. The summed E-state index contributed by atoms with van der Waals surface area (Å²) >= 11 is 0. The first kappa shape index (κ1) is 22.7. The summed E-state index contributed by atoms with van der Waals surface area (Å²) < 4.78 is 14.0. The van der Waals surface area contributed by atoms with E-state index in [1.54, 1.807) is 0 Å². The SMILES string of the molecule is CCCN(CC)CCCOc1ccc(C2(Cn3cnc4cnccc43)CCOCC2)cc1. The monoisotopic (exact) mass is 436 g/mol. The van der Waals surface area contributed by atoms with Crippen molar-refractivity contribution in [2.75, 3.05) is 39.5 Å². The van der Waals surface area contributed by atoms with Gasteiger partial charge in [0.2, 0.25) is 0 Å². The Kier molecular flexibility index (Phi) is 7.76. The number of pyridine rings is 1. The molecule has 0 unspecified atom stereocenters. The van der Waals surface area contributed by atoms with Crippen molar-refractivity contribution in [2.45, 2.75) is 51.5 Å². The first-order valence-electron chi connectivity index (χ1n) is 12.0. The summed E-state index contributed by atoms with van der Waals surface area (Å²) in [5, 5.41) is 0. The van der Waals surface area contributed by atoms with Crippen LogP contribution in [0.2, 0.25) is 0 Å². The first-order valence-corrected chi connectivity index (χ1v) is 12.0. The molecule has 2 aromatic heterocycles.